The number of benzene rings is 1. The normalized spacial score (nSPS) is 19.6. The van der Waals surface area contributed by atoms with Crippen LogP contribution in [0.1, 0.15) is 6.42 Å². The van der Waals surface area contributed by atoms with Gasteiger partial charge in [0.2, 0.25) is 5.91 Å². The zero-order chi connectivity index (χ0) is 12.7. The van der Waals surface area contributed by atoms with Gasteiger partial charge in [0.25, 0.3) is 6.01 Å². The van der Waals surface area contributed by atoms with Crippen molar-refractivity contribution in [2.45, 2.75) is 6.42 Å². The lowest BCUT2D eigenvalue weighted by molar-refractivity contribution is -0.121. The molecule has 1 saturated heterocycles. The number of carbonyl (C=O) groups is 1. The van der Waals surface area contributed by atoms with Gasteiger partial charge in [-0.25, -0.2) is 0 Å². The number of oxazole rings is 1. The minimum absolute atomic E-state index is 0.120. The molecule has 1 fully saturated rings. The van der Waals surface area contributed by atoms with E-state index in [1.807, 2.05) is 11.0 Å². The van der Waals surface area contributed by atoms with Gasteiger partial charge in [0.15, 0.2) is 5.58 Å². The Morgan fingerprint density at radius 3 is 3.06 bits per heavy atom. The Morgan fingerprint density at radius 2 is 2.33 bits per heavy atom. The molecule has 2 aromatic rings. The van der Waals surface area contributed by atoms with Crippen molar-refractivity contribution in [2.75, 3.05) is 23.7 Å². The summed E-state index contributed by atoms with van der Waals surface area (Å²) in [5, 5.41) is 0. The molecule has 1 atom stereocenters. The van der Waals surface area contributed by atoms with E-state index in [1.54, 1.807) is 12.1 Å². The molecular weight excluding hydrogens is 232 g/mol. The summed E-state index contributed by atoms with van der Waals surface area (Å²) < 4.78 is 5.64. The SMILES string of the molecule is NC(=O)C1CCN(c2nc3ccc(N)cc3o2)C1. The molecule has 0 saturated carbocycles. The van der Waals surface area contributed by atoms with Gasteiger partial charge in [-0.3, -0.25) is 4.79 Å². The first-order valence-corrected chi connectivity index (χ1v) is 5.84. The molecule has 3 rings (SSSR count). The van der Waals surface area contributed by atoms with Crippen molar-refractivity contribution in [1.29, 1.82) is 0 Å². The molecule has 1 aromatic heterocycles. The number of aromatic nitrogens is 1. The smallest absolute Gasteiger partial charge is 0.298 e. The number of hydrogen-bond donors (Lipinski definition) is 2. The second-order valence-electron chi connectivity index (χ2n) is 4.56. The zero-order valence-electron chi connectivity index (χ0n) is 9.80. The highest BCUT2D eigenvalue weighted by Crippen LogP contribution is 2.27. The van der Waals surface area contributed by atoms with Crippen LogP contribution in [0.15, 0.2) is 22.6 Å². The second-order valence-corrected chi connectivity index (χ2v) is 4.56. The predicted octanol–water partition coefficient (Wildman–Crippen LogP) is 0.722. The van der Waals surface area contributed by atoms with Crippen LogP contribution in [0.25, 0.3) is 11.1 Å². The van der Waals surface area contributed by atoms with E-state index in [-0.39, 0.29) is 11.8 Å². The average molecular weight is 246 g/mol. The van der Waals surface area contributed by atoms with Gasteiger partial charge in [-0.15, -0.1) is 0 Å². The van der Waals surface area contributed by atoms with Gasteiger partial charge in [-0.05, 0) is 18.6 Å². The number of hydrogen-bond acceptors (Lipinski definition) is 5. The molecule has 0 radical (unpaired) electrons. The summed E-state index contributed by atoms with van der Waals surface area (Å²) in [4.78, 5) is 17.4. The van der Waals surface area contributed by atoms with Crippen molar-refractivity contribution >= 4 is 28.7 Å². The molecule has 0 spiro atoms. The van der Waals surface area contributed by atoms with Gasteiger partial charge in [0, 0.05) is 24.8 Å². The number of rotatable bonds is 2. The third-order valence-corrected chi connectivity index (χ3v) is 3.26. The molecule has 6 nitrogen and oxygen atoms in total. The lowest BCUT2D eigenvalue weighted by Crippen LogP contribution is -2.27. The number of nitrogens with two attached hydrogens (primary N) is 2. The number of primary amides is 1. The first-order chi connectivity index (χ1) is 8.63. The number of carbonyl (C=O) groups excluding carboxylic acids is 1. The summed E-state index contributed by atoms with van der Waals surface area (Å²) in [7, 11) is 0. The Morgan fingerprint density at radius 1 is 1.50 bits per heavy atom. The second kappa shape index (κ2) is 3.90. The van der Waals surface area contributed by atoms with Crippen LogP contribution in [-0.4, -0.2) is 24.0 Å². The summed E-state index contributed by atoms with van der Waals surface area (Å²) in [6.45, 7) is 1.30. The van der Waals surface area contributed by atoms with E-state index in [9.17, 15) is 4.79 Å². The van der Waals surface area contributed by atoms with E-state index < -0.39 is 0 Å². The van der Waals surface area contributed by atoms with Gasteiger partial charge < -0.3 is 20.8 Å². The van der Waals surface area contributed by atoms with Crippen molar-refractivity contribution in [2.24, 2.45) is 11.7 Å². The van der Waals surface area contributed by atoms with Crippen LogP contribution in [0.5, 0.6) is 0 Å². The quantitative estimate of drug-likeness (QED) is 0.761. The minimum Gasteiger partial charge on any atom is -0.423 e. The maximum absolute atomic E-state index is 11.1. The van der Waals surface area contributed by atoms with Gasteiger partial charge in [0.05, 0.1) is 5.92 Å². The van der Waals surface area contributed by atoms with Crippen LogP contribution in [0.4, 0.5) is 11.7 Å². The maximum atomic E-state index is 11.1. The molecule has 0 bridgehead atoms. The third kappa shape index (κ3) is 1.75. The molecule has 6 heteroatoms. The summed E-state index contributed by atoms with van der Waals surface area (Å²) in [6.07, 6.45) is 0.746. The number of nitrogens with zero attached hydrogens (tertiary/aromatic N) is 2. The molecule has 1 aromatic carbocycles. The van der Waals surface area contributed by atoms with Crippen molar-refractivity contribution in [3.63, 3.8) is 0 Å². The molecule has 1 aliphatic rings. The molecular formula is C12H14N4O2. The number of amides is 1. The lowest BCUT2D eigenvalue weighted by Gasteiger charge is -2.11. The monoisotopic (exact) mass is 246 g/mol. The van der Waals surface area contributed by atoms with Crippen LogP contribution >= 0.6 is 0 Å². The molecule has 1 unspecified atom stereocenters. The highest BCUT2D eigenvalue weighted by atomic mass is 16.4. The summed E-state index contributed by atoms with van der Waals surface area (Å²) >= 11 is 0. The molecule has 2 heterocycles. The van der Waals surface area contributed by atoms with Crippen molar-refractivity contribution in [1.82, 2.24) is 4.98 Å². The summed E-state index contributed by atoms with van der Waals surface area (Å²) in [5.74, 6) is -0.386. The summed E-state index contributed by atoms with van der Waals surface area (Å²) in [5.41, 5.74) is 13.1. The minimum atomic E-state index is -0.266. The zero-order valence-corrected chi connectivity index (χ0v) is 9.80. The van der Waals surface area contributed by atoms with E-state index in [0.717, 1.165) is 18.5 Å². The number of fused-ring (bicyclic) bond motifs is 1. The highest BCUT2D eigenvalue weighted by Gasteiger charge is 2.29. The van der Waals surface area contributed by atoms with Crippen LogP contribution in [0.2, 0.25) is 0 Å². The molecule has 0 aliphatic carbocycles. The third-order valence-electron chi connectivity index (χ3n) is 3.26. The fourth-order valence-electron chi connectivity index (χ4n) is 2.23. The van der Waals surface area contributed by atoms with E-state index in [2.05, 4.69) is 4.98 Å². The molecule has 1 aliphatic heterocycles. The van der Waals surface area contributed by atoms with Crippen LogP contribution in [-0.2, 0) is 4.79 Å². The molecule has 4 N–H and O–H groups in total. The topological polar surface area (TPSA) is 98.4 Å². The summed E-state index contributed by atoms with van der Waals surface area (Å²) in [6, 6.07) is 5.87. The number of anilines is 2. The Labute approximate surface area is 104 Å². The van der Waals surface area contributed by atoms with Crippen molar-refractivity contribution in [3.8, 4) is 0 Å². The first kappa shape index (κ1) is 10.9. The Bertz CT molecular complexity index is 607. The van der Waals surface area contributed by atoms with E-state index >= 15 is 0 Å². The average Bonchev–Trinajstić information content (AvgIpc) is 2.93. The maximum Gasteiger partial charge on any atom is 0.298 e. The Kier molecular flexibility index (Phi) is 2.36. The van der Waals surface area contributed by atoms with Gasteiger partial charge >= 0.3 is 0 Å². The highest BCUT2D eigenvalue weighted by molar-refractivity contribution is 5.79. The van der Waals surface area contributed by atoms with E-state index in [1.165, 1.54) is 0 Å². The Hall–Kier alpha value is -2.24. The lowest BCUT2D eigenvalue weighted by atomic mass is 10.1. The van der Waals surface area contributed by atoms with Gasteiger partial charge in [-0.1, -0.05) is 0 Å². The van der Waals surface area contributed by atoms with E-state index in [0.29, 0.717) is 23.8 Å². The fourth-order valence-corrected chi connectivity index (χ4v) is 2.23. The van der Waals surface area contributed by atoms with Crippen LogP contribution < -0.4 is 16.4 Å². The number of nitrogen functional groups attached to an aromatic ring is 1. The fraction of sp³-hybridized carbons (Fsp3) is 0.333. The molecule has 18 heavy (non-hydrogen) atoms. The van der Waals surface area contributed by atoms with Crippen LogP contribution in [0.3, 0.4) is 0 Å². The van der Waals surface area contributed by atoms with Crippen molar-refractivity contribution in [3.05, 3.63) is 18.2 Å². The Balaban J connectivity index is 1.89. The van der Waals surface area contributed by atoms with Gasteiger partial charge in [0.1, 0.15) is 5.52 Å². The van der Waals surface area contributed by atoms with E-state index in [4.69, 9.17) is 15.9 Å². The standard InChI is InChI=1S/C12H14N4O2/c13-8-1-2-9-10(5-8)18-12(15-9)16-4-3-7(6-16)11(14)17/h1-2,5,7H,3-4,6,13H2,(H2,14,17). The molecule has 1 amide bonds. The van der Waals surface area contributed by atoms with Crippen molar-refractivity contribution < 1.29 is 9.21 Å². The first-order valence-electron chi connectivity index (χ1n) is 5.84. The predicted molar refractivity (Wildman–Crippen MR) is 67.9 cm³/mol. The molecule has 94 valence electrons. The largest absolute Gasteiger partial charge is 0.423 e. The van der Waals surface area contributed by atoms with Gasteiger partial charge in [-0.2, -0.15) is 4.98 Å². The van der Waals surface area contributed by atoms with Crippen LogP contribution in [0, 0.1) is 5.92 Å².